The van der Waals surface area contributed by atoms with E-state index in [1.807, 2.05) is 50.2 Å². The Morgan fingerprint density at radius 3 is 2.59 bits per heavy atom. The predicted molar refractivity (Wildman–Crippen MR) is 103 cm³/mol. The number of benzene rings is 2. The lowest BCUT2D eigenvalue weighted by Gasteiger charge is -2.10. The molecule has 0 saturated heterocycles. The summed E-state index contributed by atoms with van der Waals surface area (Å²) in [4.78, 5) is 15.9. The van der Waals surface area contributed by atoms with Crippen molar-refractivity contribution >= 4 is 5.91 Å². The molecule has 6 heteroatoms. The van der Waals surface area contributed by atoms with Crippen LogP contribution in [0.25, 0.3) is 0 Å². The van der Waals surface area contributed by atoms with Crippen molar-refractivity contribution in [3.05, 3.63) is 77.4 Å². The van der Waals surface area contributed by atoms with Gasteiger partial charge in [0.25, 0.3) is 0 Å². The Morgan fingerprint density at radius 2 is 1.89 bits per heavy atom. The fourth-order valence-electron chi connectivity index (χ4n) is 2.77. The molecule has 3 aromatic rings. The highest BCUT2D eigenvalue weighted by molar-refractivity contribution is 5.76. The molecule has 1 aromatic heterocycles. The van der Waals surface area contributed by atoms with Crippen LogP contribution in [0.1, 0.15) is 28.7 Å². The fourth-order valence-corrected chi connectivity index (χ4v) is 2.77. The van der Waals surface area contributed by atoms with Crippen molar-refractivity contribution in [1.29, 1.82) is 0 Å². The van der Waals surface area contributed by atoms with Crippen molar-refractivity contribution in [2.45, 2.75) is 33.4 Å². The normalized spacial score (nSPS) is 10.6. The Labute approximate surface area is 159 Å². The second kappa shape index (κ2) is 8.98. The lowest BCUT2D eigenvalue weighted by Crippen LogP contribution is -2.24. The van der Waals surface area contributed by atoms with Crippen LogP contribution in [-0.2, 0) is 17.9 Å². The summed E-state index contributed by atoms with van der Waals surface area (Å²) >= 11 is 0. The van der Waals surface area contributed by atoms with Crippen LogP contribution in [0.15, 0.2) is 55.1 Å². The van der Waals surface area contributed by atoms with Crippen molar-refractivity contribution in [3.63, 3.8) is 0 Å². The average Bonchev–Trinajstić information content (AvgIpc) is 3.16. The van der Waals surface area contributed by atoms with Crippen LogP contribution in [0.2, 0.25) is 0 Å². The van der Waals surface area contributed by atoms with Gasteiger partial charge in [0.15, 0.2) is 0 Å². The summed E-state index contributed by atoms with van der Waals surface area (Å²) in [6.07, 6.45) is 3.54. The van der Waals surface area contributed by atoms with Crippen molar-refractivity contribution in [2.24, 2.45) is 0 Å². The zero-order chi connectivity index (χ0) is 19.1. The second-order valence-electron chi connectivity index (χ2n) is 6.55. The number of nitrogens with one attached hydrogen (secondary N) is 1. The molecule has 1 amide bonds. The van der Waals surface area contributed by atoms with E-state index < -0.39 is 0 Å². The summed E-state index contributed by atoms with van der Waals surface area (Å²) < 4.78 is 7.48. The molecule has 1 heterocycles. The van der Waals surface area contributed by atoms with Crippen LogP contribution < -0.4 is 10.1 Å². The molecule has 27 heavy (non-hydrogen) atoms. The minimum Gasteiger partial charge on any atom is -0.493 e. The van der Waals surface area contributed by atoms with E-state index in [-0.39, 0.29) is 5.91 Å². The van der Waals surface area contributed by atoms with Crippen molar-refractivity contribution in [2.75, 3.05) is 6.61 Å². The lowest BCUT2D eigenvalue weighted by molar-refractivity contribution is -0.121. The number of nitrogens with zero attached hydrogens (tertiary/aromatic N) is 3. The Morgan fingerprint density at radius 1 is 1.11 bits per heavy atom. The van der Waals surface area contributed by atoms with E-state index in [4.69, 9.17) is 4.74 Å². The average molecular weight is 364 g/mol. The van der Waals surface area contributed by atoms with E-state index in [2.05, 4.69) is 21.5 Å². The standard InChI is InChI=1S/C21H24N4O2/c1-16-3-8-20(17(2)11-16)27-10-9-21(26)23-12-18-4-6-19(7-5-18)13-25-15-22-14-24-25/h3-8,11,14-15H,9-10,12-13H2,1-2H3,(H,23,26). The van der Waals surface area contributed by atoms with Gasteiger partial charge in [0.1, 0.15) is 18.4 Å². The summed E-state index contributed by atoms with van der Waals surface area (Å²) in [6.45, 7) is 5.61. The summed E-state index contributed by atoms with van der Waals surface area (Å²) in [6, 6.07) is 14.1. The molecule has 1 N–H and O–H groups in total. The third kappa shape index (κ3) is 5.67. The fraction of sp³-hybridized carbons (Fsp3) is 0.286. The topological polar surface area (TPSA) is 69.0 Å². The Kier molecular flexibility index (Phi) is 6.20. The minimum atomic E-state index is -0.0218. The third-order valence-corrected chi connectivity index (χ3v) is 4.24. The number of carbonyl (C=O) groups is 1. The highest BCUT2D eigenvalue weighted by Gasteiger charge is 2.04. The van der Waals surface area contributed by atoms with Gasteiger partial charge in [-0.15, -0.1) is 0 Å². The molecule has 6 nitrogen and oxygen atoms in total. The van der Waals surface area contributed by atoms with Crippen molar-refractivity contribution < 1.29 is 9.53 Å². The molecular weight excluding hydrogens is 340 g/mol. The van der Waals surface area contributed by atoms with Gasteiger partial charge < -0.3 is 10.1 Å². The first-order valence-electron chi connectivity index (χ1n) is 8.97. The maximum atomic E-state index is 12.0. The highest BCUT2D eigenvalue weighted by Crippen LogP contribution is 2.18. The van der Waals surface area contributed by atoms with Crippen molar-refractivity contribution in [1.82, 2.24) is 20.1 Å². The third-order valence-electron chi connectivity index (χ3n) is 4.24. The molecular formula is C21H24N4O2. The maximum absolute atomic E-state index is 12.0. The van der Waals surface area contributed by atoms with Gasteiger partial charge in [-0.1, -0.05) is 42.0 Å². The van der Waals surface area contributed by atoms with Crippen molar-refractivity contribution in [3.8, 4) is 5.75 Å². The van der Waals surface area contributed by atoms with Gasteiger partial charge in [0.05, 0.1) is 19.6 Å². The quantitative estimate of drug-likeness (QED) is 0.667. The summed E-state index contributed by atoms with van der Waals surface area (Å²) in [5, 5.41) is 7.02. The first kappa shape index (κ1) is 18.6. The molecule has 0 unspecified atom stereocenters. The summed E-state index contributed by atoms with van der Waals surface area (Å²) in [5.41, 5.74) is 4.48. The first-order valence-corrected chi connectivity index (χ1v) is 8.97. The maximum Gasteiger partial charge on any atom is 0.223 e. The number of ether oxygens (including phenoxy) is 1. The molecule has 3 rings (SSSR count). The molecule has 0 spiro atoms. The number of hydrogen-bond acceptors (Lipinski definition) is 4. The van der Waals surface area contributed by atoms with E-state index in [1.165, 1.54) is 11.9 Å². The summed E-state index contributed by atoms with van der Waals surface area (Å²) in [5.74, 6) is 0.808. The number of carbonyl (C=O) groups excluding carboxylic acids is 1. The Hall–Kier alpha value is -3.15. The van der Waals surface area contributed by atoms with Gasteiger partial charge in [-0.3, -0.25) is 4.79 Å². The van der Waals surface area contributed by atoms with Crippen LogP contribution in [0.5, 0.6) is 5.75 Å². The van der Waals surface area contributed by atoms with Crippen LogP contribution in [0.3, 0.4) is 0 Å². The molecule has 0 radical (unpaired) electrons. The highest BCUT2D eigenvalue weighted by atomic mass is 16.5. The molecule has 0 bridgehead atoms. The zero-order valence-corrected chi connectivity index (χ0v) is 15.7. The smallest absolute Gasteiger partial charge is 0.223 e. The molecule has 0 atom stereocenters. The van der Waals surface area contributed by atoms with Crippen LogP contribution in [-0.4, -0.2) is 27.3 Å². The monoisotopic (exact) mass is 364 g/mol. The second-order valence-corrected chi connectivity index (χ2v) is 6.55. The van der Waals surface area contributed by atoms with E-state index in [1.54, 1.807) is 11.0 Å². The van der Waals surface area contributed by atoms with Gasteiger partial charge in [0, 0.05) is 6.54 Å². The van der Waals surface area contributed by atoms with E-state index in [0.717, 1.165) is 22.4 Å². The number of aryl methyl sites for hydroxylation is 2. The van der Waals surface area contributed by atoms with E-state index in [9.17, 15) is 4.79 Å². The molecule has 2 aromatic carbocycles. The number of hydrogen-bond donors (Lipinski definition) is 1. The largest absolute Gasteiger partial charge is 0.493 e. The molecule has 0 saturated carbocycles. The molecule has 0 aliphatic carbocycles. The van der Waals surface area contributed by atoms with Gasteiger partial charge in [-0.05, 0) is 36.6 Å². The number of aromatic nitrogens is 3. The number of amides is 1. The molecule has 0 aliphatic rings. The molecule has 0 fully saturated rings. The number of rotatable bonds is 8. The lowest BCUT2D eigenvalue weighted by atomic mass is 10.1. The minimum absolute atomic E-state index is 0.0218. The Balaban J connectivity index is 1.39. The zero-order valence-electron chi connectivity index (χ0n) is 15.7. The van der Waals surface area contributed by atoms with Gasteiger partial charge >= 0.3 is 0 Å². The van der Waals surface area contributed by atoms with Gasteiger partial charge in [0.2, 0.25) is 5.91 Å². The Bertz CT molecular complexity index is 874. The van der Waals surface area contributed by atoms with Crippen LogP contribution in [0, 0.1) is 13.8 Å². The molecule has 0 aliphatic heterocycles. The summed E-state index contributed by atoms with van der Waals surface area (Å²) in [7, 11) is 0. The predicted octanol–water partition coefficient (Wildman–Crippen LogP) is 3.03. The van der Waals surface area contributed by atoms with E-state index in [0.29, 0.717) is 26.1 Å². The first-order chi connectivity index (χ1) is 13.1. The van der Waals surface area contributed by atoms with Gasteiger partial charge in [-0.25, -0.2) is 9.67 Å². The van der Waals surface area contributed by atoms with Crippen LogP contribution in [0.4, 0.5) is 0 Å². The van der Waals surface area contributed by atoms with Crippen LogP contribution >= 0.6 is 0 Å². The van der Waals surface area contributed by atoms with Gasteiger partial charge in [-0.2, -0.15) is 5.10 Å². The molecule has 140 valence electrons. The van der Waals surface area contributed by atoms with E-state index >= 15 is 0 Å². The SMILES string of the molecule is Cc1ccc(OCCC(=O)NCc2ccc(Cn3cncn3)cc2)c(C)c1.